The molecule has 1 aromatic carbocycles. The molecule has 1 saturated heterocycles. The lowest BCUT2D eigenvalue weighted by molar-refractivity contribution is -0.129. The number of morpholine rings is 1. The van der Waals surface area contributed by atoms with Crippen molar-refractivity contribution in [3.8, 4) is 0 Å². The first-order valence-corrected chi connectivity index (χ1v) is 11.8. The number of nitrogens with zero attached hydrogens (tertiary/aromatic N) is 3. The topological polar surface area (TPSA) is 83.0 Å². The SMILES string of the molecule is Cc1nc(C)c(C(=O)C2=C(O)C(=O)N(CCN3CCOCC3)[C@@H]2c2ccc(Br)cc2)s1. The minimum Gasteiger partial charge on any atom is -0.503 e. The molecule has 2 aromatic rings. The summed E-state index contributed by atoms with van der Waals surface area (Å²) in [6, 6.07) is 6.86. The van der Waals surface area contributed by atoms with E-state index in [1.165, 1.54) is 11.3 Å². The van der Waals surface area contributed by atoms with E-state index in [0.717, 1.165) is 28.1 Å². The summed E-state index contributed by atoms with van der Waals surface area (Å²) in [5.74, 6) is -1.32. The summed E-state index contributed by atoms with van der Waals surface area (Å²) in [7, 11) is 0. The Morgan fingerprint density at radius 2 is 1.90 bits per heavy atom. The summed E-state index contributed by atoms with van der Waals surface area (Å²) in [6.07, 6.45) is 0. The molecule has 1 atom stereocenters. The maximum atomic E-state index is 13.5. The number of ether oxygens (including phenoxy) is 1. The molecule has 0 radical (unpaired) electrons. The molecule has 1 amide bonds. The van der Waals surface area contributed by atoms with Crippen LogP contribution in [0.1, 0.15) is 32.0 Å². The molecule has 7 nitrogen and oxygen atoms in total. The summed E-state index contributed by atoms with van der Waals surface area (Å²) in [5.41, 5.74) is 1.52. The fraction of sp³-hybridized carbons (Fsp3) is 0.409. The predicted octanol–water partition coefficient (Wildman–Crippen LogP) is 3.43. The fourth-order valence-corrected chi connectivity index (χ4v) is 5.18. The van der Waals surface area contributed by atoms with Gasteiger partial charge < -0.3 is 14.7 Å². The quantitative estimate of drug-likeness (QED) is 0.605. The third kappa shape index (κ3) is 4.45. The van der Waals surface area contributed by atoms with Gasteiger partial charge in [0.05, 0.1) is 40.4 Å². The van der Waals surface area contributed by atoms with Gasteiger partial charge in [0.15, 0.2) is 5.76 Å². The Kier molecular flexibility index (Phi) is 6.57. The van der Waals surface area contributed by atoms with E-state index in [4.69, 9.17) is 4.74 Å². The van der Waals surface area contributed by atoms with Crippen LogP contribution in [0.15, 0.2) is 40.1 Å². The molecule has 4 rings (SSSR count). The Hall–Kier alpha value is -2.07. The van der Waals surface area contributed by atoms with Crippen molar-refractivity contribution in [3.05, 3.63) is 61.2 Å². The van der Waals surface area contributed by atoms with Crippen LogP contribution in [0.4, 0.5) is 0 Å². The molecule has 1 aromatic heterocycles. The first kappa shape index (κ1) is 22.1. The summed E-state index contributed by atoms with van der Waals surface area (Å²) < 4.78 is 6.30. The smallest absolute Gasteiger partial charge is 0.290 e. The van der Waals surface area contributed by atoms with Crippen molar-refractivity contribution in [3.63, 3.8) is 0 Å². The molecule has 0 spiro atoms. The first-order valence-electron chi connectivity index (χ1n) is 10.1. The van der Waals surface area contributed by atoms with Crippen molar-refractivity contribution in [1.29, 1.82) is 0 Å². The molecule has 3 heterocycles. The minimum atomic E-state index is -0.643. The number of benzene rings is 1. The number of hydrogen-bond donors (Lipinski definition) is 1. The maximum Gasteiger partial charge on any atom is 0.290 e. The number of hydrogen-bond acceptors (Lipinski definition) is 7. The fourth-order valence-electron chi connectivity index (χ4n) is 4.05. The number of carbonyl (C=O) groups excluding carboxylic acids is 2. The number of aliphatic hydroxyl groups is 1. The van der Waals surface area contributed by atoms with Crippen LogP contribution < -0.4 is 0 Å². The maximum absolute atomic E-state index is 13.5. The number of aryl methyl sites for hydroxylation is 2. The molecule has 2 aliphatic heterocycles. The van der Waals surface area contributed by atoms with Crippen LogP contribution in [0.5, 0.6) is 0 Å². The highest BCUT2D eigenvalue weighted by Crippen LogP contribution is 2.40. The molecular formula is C22H24BrN3O4S. The number of Topliss-reactive ketones (excluding diaryl/α,β-unsaturated/α-hetero) is 1. The monoisotopic (exact) mass is 505 g/mol. The second-order valence-electron chi connectivity index (χ2n) is 7.65. The van der Waals surface area contributed by atoms with Gasteiger partial charge in [-0.1, -0.05) is 28.1 Å². The Labute approximate surface area is 193 Å². The van der Waals surface area contributed by atoms with Gasteiger partial charge >= 0.3 is 0 Å². The summed E-state index contributed by atoms with van der Waals surface area (Å²) in [4.78, 5) is 35.2. The molecule has 1 N–H and O–H groups in total. The molecule has 0 unspecified atom stereocenters. The second kappa shape index (κ2) is 9.20. The van der Waals surface area contributed by atoms with E-state index in [1.54, 1.807) is 11.8 Å². The van der Waals surface area contributed by atoms with Gasteiger partial charge in [-0.2, -0.15) is 0 Å². The molecule has 164 valence electrons. The van der Waals surface area contributed by atoms with Crippen LogP contribution >= 0.6 is 27.3 Å². The Morgan fingerprint density at radius 3 is 2.52 bits per heavy atom. The van der Waals surface area contributed by atoms with Crippen molar-refractivity contribution >= 4 is 39.0 Å². The van der Waals surface area contributed by atoms with E-state index in [9.17, 15) is 14.7 Å². The van der Waals surface area contributed by atoms with Gasteiger partial charge in [-0.25, -0.2) is 4.98 Å². The zero-order valence-electron chi connectivity index (χ0n) is 17.4. The number of aromatic nitrogens is 1. The average molecular weight is 506 g/mol. The van der Waals surface area contributed by atoms with Crippen LogP contribution in [-0.2, 0) is 9.53 Å². The van der Waals surface area contributed by atoms with Gasteiger partial charge in [0.25, 0.3) is 5.91 Å². The highest BCUT2D eigenvalue weighted by atomic mass is 79.9. The Bertz CT molecular complexity index is 1030. The Balaban J connectivity index is 1.69. The summed E-state index contributed by atoms with van der Waals surface area (Å²) in [6.45, 7) is 7.60. The van der Waals surface area contributed by atoms with E-state index in [2.05, 4.69) is 25.8 Å². The zero-order valence-corrected chi connectivity index (χ0v) is 19.8. The number of carbonyl (C=O) groups is 2. The van der Waals surface area contributed by atoms with Crippen LogP contribution in [-0.4, -0.2) is 71.0 Å². The average Bonchev–Trinajstić information content (AvgIpc) is 3.23. The molecule has 31 heavy (non-hydrogen) atoms. The molecule has 9 heteroatoms. The Morgan fingerprint density at radius 1 is 1.23 bits per heavy atom. The first-order chi connectivity index (χ1) is 14.9. The van der Waals surface area contributed by atoms with E-state index < -0.39 is 17.7 Å². The lowest BCUT2D eigenvalue weighted by atomic mass is 9.95. The van der Waals surface area contributed by atoms with Gasteiger partial charge in [0, 0.05) is 30.7 Å². The van der Waals surface area contributed by atoms with Gasteiger partial charge in [-0.3, -0.25) is 14.5 Å². The number of rotatable bonds is 6. The minimum absolute atomic E-state index is 0.126. The van der Waals surface area contributed by atoms with Crippen molar-refractivity contribution < 1.29 is 19.4 Å². The van der Waals surface area contributed by atoms with Crippen molar-refractivity contribution in [1.82, 2.24) is 14.8 Å². The van der Waals surface area contributed by atoms with E-state index in [-0.39, 0.29) is 11.4 Å². The molecule has 0 saturated carbocycles. The van der Waals surface area contributed by atoms with E-state index in [0.29, 0.717) is 36.9 Å². The third-order valence-corrected chi connectivity index (χ3v) is 7.20. The predicted molar refractivity (Wildman–Crippen MR) is 121 cm³/mol. The van der Waals surface area contributed by atoms with E-state index >= 15 is 0 Å². The van der Waals surface area contributed by atoms with Gasteiger partial charge in [0.1, 0.15) is 0 Å². The van der Waals surface area contributed by atoms with Crippen LogP contribution in [0.25, 0.3) is 0 Å². The zero-order chi connectivity index (χ0) is 22.1. The van der Waals surface area contributed by atoms with Crippen molar-refractivity contribution in [2.45, 2.75) is 19.9 Å². The molecule has 2 aliphatic rings. The highest BCUT2D eigenvalue weighted by molar-refractivity contribution is 9.10. The lowest BCUT2D eigenvalue weighted by Gasteiger charge is -2.31. The standard InChI is InChI=1S/C22H24BrN3O4S/c1-13-21(31-14(2)24-13)19(27)17-18(15-3-5-16(23)6-4-15)26(22(29)20(17)28)8-7-25-9-11-30-12-10-25/h3-6,18,28H,7-12H2,1-2H3/t18-/m1/s1. The lowest BCUT2D eigenvalue weighted by Crippen LogP contribution is -2.43. The molecule has 0 aliphatic carbocycles. The van der Waals surface area contributed by atoms with Crippen LogP contribution in [0.2, 0.25) is 0 Å². The normalized spacial score (nSPS) is 20.0. The third-order valence-electron chi connectivity index (χ3n) is 5.60. The second-order valence-corrected chi connectivity index (χ2v) is 9.76. The number of aliphatic hydroxyl groups excluding tert-OH is 1. The number of ketones is 1. The highest BCUT2D eigenvalue weighted by Gasteiger charge is 2.44. The number of halogens is 1. The summed E-state index contributed by atoms with van der Waals surface area (Å²) in [5, 5.41) is 11.6. The van der Waals surface area contributed by atoms with Gasteiger partial charge in [-0.05, 0) is 31.5 Å². The number of amides is 1. The largest absolute Gasteiger partial charge is 0.503 e. The van der Waals surface area contributed by atoms with Crippen molar-refractivity contribution in [2.75, 3.05) is 39.4 Å². The number of thiazole rings is 1. The molecular weight excluding hydrogens is 482 g/mol. The van der Waals surface area contributed by atoms with Crippen LogP contribution in [0, 0.1) is 13.8 Å². The van der Waals surface area contributed by atoms with Crippen LogP contribution in [0.3, 0.4) is 0 Å². The van der Waals surface area contributed by atoms with Gasteiger partial charge in [-0.15, -0.1) is 11.3 Å². The summed E-state index contributed by atoms with van der Waals surface area (Å²) >= 11 is 4.72. The van der Waals surface area contributed by atoms with Gasteiger partial charge in [0.2, 0.25) is 5.78 Å². The molecule has 1 fully saturated rings. The van der Waals surface area contributed by atoms with E-state index in [1.807, 2.05) is 31.2 Å². The molecule has 0 bridgehead atoms. The van der Waals surface area contributed by atoms with Crippen molar-refractivity contribution in [2.24, 2.45) is 0 Å².